The number of hydrogen-bond donors (Lipinski definition) is 2. The number of aryl methyl sites for hydroxylation is 1. The van der Waals surface area contributed by atoms with Crippen molar-refractivity contribution in [1.29, 1.82) is 0 Å². The molecule has 5 nitrogen and oxygen atoms in total. The summed E-state index contributed by atoms with van der Waals surface area (Å²) in [6.45, 7) is 2.03. The minimum Gasteiger partial charge on any atom is -0.464 e. The molecule has 0 aliphatic heterocycles. The number of sulfonamides is 1. The van der Waals surface area contributed by atoms with Crippen LogP contribution in [0.2, 0.25) is 10.0 Å². The Kier molecular flexibility index (Phi) is 4.83. The Bertz CT molecular complexity index is 757. The Morgan fingerprint density at radius 2 is 2.00 bits per heavy atom. The van der Waals surface area contributed by atoms with E-state index in [2.05, 4.69) is 10.0 Å². The molecule has 0 spiro atoms. The van der Waals surface area contributed by atoms with Gasteiger partial charge in [0, 0.05) is 6.07 Å². The number of benzene rings is 1. The van der Waals surface area contributed by atoms with Crippen LogP contribution in [0, 0.1) is 6.92 Å². The monoisotopic (exact) mass is 348 g/mol. The molecular formula is C13H14Cl2N2O3S. The van der Waals surface area contributed by atoms with E-state index in [0.29, 0.717) is 18.1 Å². The largest absolute Gasteiger partial charge is 0.464 e. The van der Waals surface area contributed by atoms with Crippen LogP contribution >= 0.6 is 23.2 Å². The van der Waals surface area contributed by atoms with Crippen LogP contribution in [0.3, 0.4) is 0 Å². The van der Waals surface area contributed by atoms with Crippen molar-refractivity contribution in [1.82, 2.24) is 5.32 Å². The van der Waals surface area contributed by atoms with Gasteiger partial charge in [0.1, 0.15) is 16.4 Å². The van der Waals surface area contributed by atoms with Crippen molar-refractivity contribution in [2.45, 2.75) is 18.4 Å². The van der Waals surface area contributed by atoms with Gasteiger partial charge in [-0.2, -0.15) is 0 Å². The molecule has 0 atom stereocenters. The summed E-state index contributed by atoms with van der Waals surface area (Å²) in [5, 5.41) is 3.32. The molecule has 2 aromatic rings. The van der Waals surface area contributed by atoms with Crippen LogP contribution in [0.4, 0.5) is 5.69 Å². The number of anilines is 1. The molecule has 0 fully saturated rings. The van der Waals surface area contributed by atoms with Gasteiger partial charge in [-0.15, -0.1) is 0 Å². The van der Waals surface area contributed by atoms with Gasteiger partial charge in [0.25, 0.3) is 10.0 Å². The van der Waals surface area contributed by atoms with Crippen molar-refractivity contribution >= 4 is 38.9 Å². The van der Waals surface area contributed by atoms with E-state index in [4.69, 9.17) is 27.6 Å². The maximum Gasteiger partial charge on any atom is 0.265 e. The maximum absolute atomic E-state index is 12.4. The normalized spacial score (nSPS) is 11.6. The van der Waals surface area contributed by atoms with E-state index in [9.17, 15) is 8.42 Å². The van der Waals surface area contributed by atoms with Crippen LogP contribution < -0.4 is 10.0 Å². The molecule has 0 bridgehead atoms. The fraction of sp³-hybridized carbons (Fsp3) is 0.231. The summed E-state index contributed by atoms with van der Waals surface area (Å²) in [5.41, 5.74) is 0.222. The molecule has 2 N–H and O–H groups in total. The summed E-state index contributed by atoms with van der Waals surface area (Å²) in [6.07, 6.45) is 0. The Morgan fingerprint density at radius 3 is 2.67 bits per heavy atom. The van der Waals surface area contributed by atoms with Crippen molar-refractivity contribution in [3.8, 4) is 0 Å². The lowest BCUT2D eigenvalue weighted by Gasteiger charge is -2.09. The predicted octanol–water partition coefficient (Wildman–Crippen LogP) is 3.42. The molecular weight excluding hydrogens is 335 g/mol. The first kappa shape index (κ1) is 16.2. The third-order valence-corrected chi connectivity index (χ3v) is 5.05. The molecule has 1 heterocycles. The zero-order valence-corrected chi connectivity index (χ0v) is 13.7. The minimum atomic E-state index is -3.80. The highest BCUT2D eigenvalue weighted by Crippen LogP contribution is 2.32. The second kappa shape index (κ2) is 6.27. The highest BCUT2D eigenvalue weighted by molar-refractivity contribution is 7.92. The molecule has 114 valence electrons. The Balaban J connectivity index is 2.36. The second-order valence-corrected chi connectivity index (χ2v) is 6.81. The van der Waals surface area contributed by atoms with Gasteiger partial charge in [-0.3, -0.25) is 4.72 Å². The standard InChI is InChI=1S/C13H14Cl2N2O3S/c1-8-12(6-9(20-8)7-16-2)21(18,19)17-11-5-3-4-10(14)13(11)15/h3-6,16-17H,7H2,1-2H3. The van der Waals surface area contributed by atoms with Crippen molar-refractivity contribution in [3.05, 3.63) is 45.8 Å². The van der Waals surface area contributed by atoms with Gasteiger partial charge >= 0.3 is 0 Å². The molecule has 8 heteroatoms. The zero-order chi connectivity index (χ0) is 15.6. The molecule has 1 aromatic heterocycles. The first-order valence-corrected chi connectivity index (χ1v) is 8.30. The van der Waals surface area contributed by atoms with Crippen LogP contribution in [0.25, 0.3) is 0 Å². The van der Waals surface area contributed by atoms with E-state index in [1.165, 1.54) is 12.1 Å². The van der Waals surface area contributed by atoms with E-state index in [1.54, 1.807) is 26.1 Å². The average molecular weight is 349 g/mol. The third kappa shape index (κ3) is 3.52. The Labute approximate surface area is 133 Å². The fourth-order valence-corrected chi connectivity index (χ4v) is 3.51. The Hall–Kier alpha value is -1.21. The van der Waals surface area contributed by atoms with Gasteiger partial charge in [0.05, 0.1) is 22.3 Å². The second-order valence-electron chi connectivity index (χ2n) is 4.37. The lowest BCUT2D eigenvalue weighted by molar-refractivity contribution is 0.466. The van der Waals surface area contributed by atoms with Crippen molar-refractivity contribution in [2.24, 2.45) is 0 Å². The minimum absolute atomic E-state index is 0.0730. The number of rotatable bonds is 5. The third-order valence-electron chi connectivity index (χ3n) is 2.76. The molecule has 0 aliphatic rings. The van der Waals surface area contributed by atoms with Crippen LogP contribution in [0.5, 0.6) is 0 Å². The molecule has 0 radical (unpaired) electrons. The average Bonchev–Trinajstić information content (AvgIpc) is 2.77. The predicted molar refractivity (Wildman–Crippen MR) is 83.5 cm³/mol. The number of hydrogen-bond acceptors (Lipinski definition) is 4. The lowest BCUT2D eigenvalue weighted by Crippen LogP contribution is -2.13. The summed E-state index contributed by atoms with van der Waals surface area (Å²) >= 11 is 11.9. The molecule has 0 unspecified atom stereocenters. The number of furan rings is 1. The highest BCUT2D eigenvalue weighted by Gasteiger charge is 2.22. The smallest absolute Gasteiger partial charge is 0.265 e. The van der Waals surface area contributed by atoms with E-state index in [0.717, 1.165) is 0 Å². The van der Waals surface area contributed by atoms with Gasteiger partial charge in [-0.25, -0.2) is 8.42 Å². The summed E-state index contributed by atoms with van der Waals surface area (Å²) in [6, 6.07) is 6.21. The molecule has 0 saturated heterocycles. The molecule has 0 saturated carbocycles. The Morgan fingerprint density at radius 1 is 1.29 bits per heavy atom. The molecule has 2 rings (SSSR count). The molecule has 1 aromatic carbocycles. The van der Waals surface area contributed by atoms with Crippen molar-refractivity contribution in [3.63, 3.8) is 0 Å². The fourth-order valence-electron chi connectivity index (χ4n) is 1.83. The van der Waals surface area contributed by atoms with E-state index in [-0.39, 0.29) is 20.6 Å². The van der Waals surface area contributed by atoms with Gasteiger partial charge in [-0.1, -0.05) is 29.3 Å². The first-order valence-electron chi connectivity index (χ1n) is 6.06. The first-order chi connectivity index (χ1) is 9.85. The van der Waals surface area contributed by atoms with Gasteiger partial charge in [0.2, 0.25) is 0 Å². The number of nitrogens with one attached hydrogen (secondary N) is 2. The molecule has 0 aliphatic carbocycles. The van der Waals surface area contributed by atoms with Crippen LogP contribution in [-0.2, 0) is 16.6 Å². The summed E-state index contributed by atoms with van der Waals surface area (Å²) in [4.78, 5) is 0.0730. The summed E-state index contributed by atoms with van der Waals surface area (Å²) in [7, 11) is -2.05. The van der Waals surface area contributed by atoms with Crippen LogP contribution in [0.1, 0.15) is 11.5 Å². The van der Waals surface area contributed by atoms with Crippen LogP contribution in [-0.4, -0.2) is 15.5 Å². The number of halogens is 2. The van der Waals surface area contributed by atoms with E-state index in [1.807, 2.05) is 0 Å². The van der Waals surface area contributed by atoms with Crippen molar-refractivity contribution in [2.75, 3.05) is 11.8 Å². The lowest BCUT2D eigenvalue weighted by atomic mass is 10.3. The quantitative estimate of drug-likeness (QED) is 0.868. The summed E-state index contributed by atoms with van der Waals surface area (Å²) in [5.74, 6) is 0.846. The molecule has 21 heavy (non-hydrogen) atoms. The van der Waals surface area contributed by atoms with Crippen molar-refractivity contribution < 1.29 is 12.8 Å². The molecule has 0 amide bonds. The zero-order valence-electron chi connectivity index (χ0n) is 11.4. The SMILES string of the molecule is CNCc1cc(S(=O)(=O)Nc2cccc(Cl)c2Cl)c(C)o1. The van der Waals surface area contributed by atoms with Gasteiger partial charge < -0.3 is 9.73 Å². The maximum atomic E-state index is 12.4. The topological polar surface area (TPSA) is 71.3 Å². The van der Waals surface area contributed by atoms with Crippen LogP contribution in [0.15, 0.2) is 33.6 Å². The highest BCUT2D eigenvalue weighted by atomic mass is 35.5. The van der Waals surface area contributed by atoms with E-state index >= 15 is 0 Å². The van der Waals surface area contributed by atoms with Gasteiger partial charge in [0.15, 0.2) is 0 Å². The van der Waals surface area contributed by atoms with Gasteiger partial charge in [-0.05, 0) is 26.1 Å². The summed E-state index contributed by atoms with van der Waals surface area (Å²) < 4.78 is 32.6. The van der Waals surface area contributed by atoms with E-state index < -0.39 is 10.0 Å².